The number of aliphatic carboxylic acids is 1. The molecule has 0 aromatic heterocycles. The van der Waals surface area contributed by atoms with Crippen LogP contribution in [0.4, 0.5) is 4.79 Å². The number of carbonyl (C=O) groups is 4. The lowest BCUT2D eigenvalue weighted by atomic mass is 9.98. The molecule has 0 fully saturated rings. The number of benzene rings is 2. The topological polar surface area (TPSA) is 160 Å². The lowest BCUT2D eigenvalue weighted by Gasteiger charge is -2.25. The molecule has 0 unspecified atom stereocenters. The number of carboxylic acid groups (broad SMARTS) is 1. The Morgan fingerprint density at radius 2 is 1.52 bits per heavy atom. The van der Waals surface area contributed by atoms with E-state index in [1.165, 1.54) is 0 Å². The van der Waals surface area contributed by atoms with Crippen molar-refractivity contribution in [3.05, 3.63) is 59.7 Å². The third kappa shape index (κ3) is 8.29. The number of unbranched alkanes of at least 4 members (excludes halogenated alkanes) is 1. The molecule has 3 rings (SSSR count). The van der Waals surface area contributed by atoms with Crippen LogP contribution >= 0.6 is 0 Å². The molecule has 1 aliphatic rings. The summed E-state index contributed by atoms with van der Waals surface area (Å²) in [6, 6.07) is 14.3. The minimum absolute atomic E-state index is 0.0655. The van der Waals surface area contributed by atoms with Crippen LogP contribution in [-0.2, 0) is 19.1 Å². The lowest BCUT2D eigenvalue weighted by molar-refractivity contribution is -0.137. The van der Waals surface area contributed by atoms with Crippen LogP contribution in [0.3, 0.4) is 0 Å². The van der Waals surface area contributed by atoms with E-state index in [1.807, 2.05) is 36.4 Å². The molecule has 3 amide bonds. The third-order valence-electron chi connectivity index (χ3n) is 7.01. The Kier molecular flexibility index (Phi) is 11.5. The third-order valence-corrected chi connectivity index (χ3v) is 7.01. The zero-order chi connectivity index (χ0) is 29.1. The van der Waals surface area contributed by atoms with Gasteiger partial charge >= 0.3 is 12.1 Å². The fraction of sp³-hybridized carbons (Fsp3) is 0.467. The summed E-state index contributed by atoms with van der Waals surface area (Å²) in [6.07, 6.45) is 1.17. The van der Waals surface area contributed by atoms with E-state index in [0.717, 1.165) is 22.3 Å². The minimum Gasteiger partial charge on any atom is -0.481 e. The monoisotopic (exact) mass is 552 g/mol. The zero-order valence-electron chi connectivity index (χ0n) is 23.2. The van der Waals surface area contributed by atoms with E-state index in [-0.39, 0.29) is 37.8 Å². The van der Waals surface area contributed by atoms with Crippen molar-refractivity contribution in [2.24, 2.45) is 11.7 Å². The average molecular weight is 553 g/mol. The summed E-state index contributed by atoms with van der Waals surface area (Å²) in [5.74, 6) is -2.23. The van der Waals surface area contributed by atoms with Gasteiger partial charge in [0.2, 0.25) is 11.8 Å². The van der Waals surface area contributed by atoms with Crippen molar-refractivity contribution >= 4 is 23.9 Å². The summed E-state index contributed by atoms with van der Waals surface area (Å²) in [5, 5.41) is 16.9. The fourth-order valence-corrected chi connectivity index (χ4v) is 4.90. The van der Waals surface area contributed by atoms with E-state index in [4.69, 9.17) is 15.6 Å². The van der Waals surface area contributed by atoms with Gasteiger partial charge in [-0.2, -0.15) is 0 Å². The van der Waals surface area contributed by atoms with Crippen LogP contribution in [-0.4, -0.2) is 60.8 Å². The Labute approximate surface area is 235 Å². The Morgan fingerprint density at radius 1 is 0.900 bits per heavy atom. The maximum Gasteiger partial charge on any atom is 0.407 e. The highest BCUT2D eigenvalue weighted by molar-refractivity contribution is 5.91. The van der Waals surface area contributed by atoms with Gasteiger partial charge in [0.1, 0.15) is 18.7 Å². The number of ether oxygens (including phenoxy) is 1. The van der Waals surface area contributed by atoms with E-state index in [0.29, 0.717) is 25.8 Å². The van der Waals surface area contributed by atoms with Crippen LogP contribution < -0.4 is 21.7 Å². The Balaban J connectivity index is 1.60. The second kappa shape index (κ2) is 15.0. The van der Waals surface area contributed by atoms with Crippen molar-refractivity contribution < 1.29 is 29.0 Å². The highest BCUT2D eigenvalue weighted by Crippen LogP contribution is 2.44. The molecule has 0 saturated carbocycles. The second-order valence-electron chi connectivity index (χ2n) is 10.3. The Morgan fingerprint density at radius 3 is 2.10 bits per heavy atom. The summed E-state index contributed by atoms with van der Waals surface area (Å²) in [7, 11) is 0. The molecule has 0 heterocycles. The molecule has 2 aromatic rings. The number of nitrogens with one attached hydrogen (secondary N) is 3. The average Bonchev–Trinajstić information content (AvgIpc) is 3.25. The van der Waals surface area contributed by atoms with Crippen LogP contribution in [0.5, 0.6) is 0 Å². The number of carboxylic acids is 1. The minimum atomic E-state index is -0.943. The molecule has 0 spiro atoms. The molecule has 0 saturated heterocycles. The van der Waals surface area contributed by atoms with Gasteiger partial charge in [0.15, 0.2) is 0 Å². The first-order chi connectivity index (χ1) is 19.2. The van der Waals surface area contributed by atoms with Gasteiger partial charge in [-0.1, -0.05) is 62.4 Å². The van der Waals surface area contributed by atoms with Gasteiger partial charge in [-0.15, -0.1) is 0 Å². The number of rotatable bonds is 15. The zero-order valence-corrected chi connectivity index (χ0v) is 23.2. The maximum atomic E-state index is 13.2. The smallest absolute Gasteiger partial charge is 0.407 e. The van der Waals surface area contributed by atoms with Crippen molar-refractivity contribution in [3.63, 3.8) is 0 Å². The van der Waals surface area contributed by atoms with Gasteiger partial charge in [0.05, 0.1) is 0 Å². The molecule has 0 aliphatic heterocycles. The molecular formula is C30H40N4O6. The molecule has 10 heteroatoms. The predicted octanol–water partition coefficient (Wildman–Crippen LogP) is 3.14. The van der Waals surface area contributed by atoms with Crippen molar-refractivity contribution in [3.8, 4) is 11.1 Å². The maximum absolute atomic E-state index is 13.2. The quantitative estimate of drug-likeness (QED) is 0.212. The summed E-state index contributed by atoms with van der Waals surface area (Å²) < 4.78 is 5.62. The van der Waals surface area contributed by atoms with Crippen LogP contribution in [0.1, 0.15) is 63.0 Å². The molecule has 1 aliphatic carbocycles. The summed E-state index contributed by atoms with van der Waals surface area (Å²) in [4.78, 5) is 49.6. The molecular weight excluding hydrogens is 512 g/mol. The number of nitrogens with two attached hydrogens (primary N) is 1. The van der Waals surface area contributed by atoms with Crippen molar-refractivity contribution in [2.75, 3.05) is 19.7 Å². The van der Waals surface area contributed by atoms with Crippen LogP contribution in [0, 0.1) is 5.92 Å². The van der Waals surface area contributed by atoms with Crippen LogP contribution in [0.25, 0.3) is 11.1 Å². The molecule has 6 N–H and O–H groups in total. The van der Waals surface area contributed by atoms with Crippen molar-refractivity contribution in [1.29, 1.82) is 0 Å². The standard InChI is InChI=1S/C30H40N4O6/c1-19(2)27(29(38)33-25(14-7-8-16-31)28(37)32-17-9-15-26(35)36)34-30(39)40-18-24-22-12-5-3-10-20(22)21-11-4-6-13-23(21)24/h3-6,10-13,19,24-25,27H,7-9,14-18,31H2,1-2H3,(H,32,37)(H,33,38)(H,34,39)(H,35,36)/t25-,27-/m0/s1. The van der Waals surface area contributed by atoms with Crippen LogP contribution in [0.15, 0.2) is 48.5 Å². The highest BCUT2D eigenvalue weighted by Gasteiger charge is 2.31. The van der Waals surface area contributed by atoms with Gasteiger partial charge in [0.25, 0.3) is 0 Å². The SMILES string of the molecule is CC(C)[C@H](NC(=O)OCC1c2ccccc2-c2ccccc21)C(=O)N[C@@H](CCCCN)C(=O)NCCCC(=O)O. The van der Waals surface area contributed by atoms with Gasteiger partial charge in [0, 0.05) is 18.9 Å². The summed E-state index contributed by atoms with van der Waals surface area (Å²) in [5.41, 5.74) is 10.00. The number of hydrogen-bond acceptors (Lipinski definition) is 6. The Bertz CT molecular complexity index is 1140. The first-order valence-electron chi connectivity index (χ1n) is 13.8. The van der Waals surface area contributed by atoms with E-state index < -0.39 is 36.0 Å². The fourth-order valence-electron chi connectivity index (χ4n) is 4.90. The van der Waals surface area contributed by atoms with Gasteiger partial charge in [-0.05, 0) is 60.4 Å². The van der Waals surface area contributed by atoms with Gasteiger partial charge in [-0.25, -0.2) is 4.79 Å². The highest BCUT2D eigenvalue weighted by atomic mass is 16.5. The van der Waals surface area contributed by atoms with E-state index >= 15 is 0 Å². The molecule has 0 radical (unpaired) electrons. The number of fused-ring (bicyclic) bond motifs is 3. The molecule has 2 atom stereocenters. The molecule has 40 heavy (non-hydrogen) atoms. The van der Waals surface area contributed by atoms with E-state index in [1.54, 1.807) is 13.8 Å². The van der Waals surface area contributed by atoms with Crippen LogP contribution in [0.2, 0.25) is 0 Å². The number of carbonyl (C=O) groups excluding carboxylic acids is 3. The molecule has 2 aromatic carbocycles. The normalized spacial score (nSPS) is 13.6. The molecule has 216 valence electrons. The first kappa shape index (κ1) is 30.6. The first-order valence-corrected chi connectivity index (χ1v) is 13.8. The van der Waals surface area contributed by atoms with E-state index in [2.05, 4.69) is 28.1 Å². The number of amides is 3. The summed E-state index contributed by atoms with van der Waals surface area (Å²) >= 11 is 0. The summed E-state index contributed by atoms with van der Waals surface area (Å²) in [6.45, 7) is 4.35. The predicted molar refractivity (Wildman–Crippen MR) is 152 cm³/mol. The van der Waals surface area contributed by atoms with E-state index in [9.17, 15) is 19.2 Å². The largest absolute Gasteiger partial charge is 0.481 e. The Hall–Kier alpha value is -3.92. The lowest BCUT2D eigenvalue weighted by Crippen LogP contribution is -2.55. The van der Waals surface area contributed by atoms with Crippen molar-refractivity contribution in [1.82, 2.24) is 16.0 Å². The van der Waals surface area contributed by atoms with Gasteiger partial charge in [-0.3, -0.25) is 14.4 Å². The molecule has 0 bridgehead atoms. The van der Waals surface area contributed by atoms with Gasteiger partial charge < -0.3 is 31.5 Å². The molecule has 10 nitrogen and oxygen atoms in total. The van der Waals surface area contributed by atoms with Crippen molar-refractivity contribution in [2.45, 2.75) is 64.0 Å². The second-order valence-corrected chi connectivity index (χ2v) is 10.3. The number of hydrogen-bond donors (Lipinski definition) is 5. The number of alkyl carbamates (subject to hydrolysis) is 1.